The summed E-state index contributed by atoms with van der Waals surface area (Å²) in [5, 5.41) is 30.7. The molecule has 17 nitrogen and oxygen atoms in total. The molecule has 0 fully saturated rings. The third kappa shape index (κ3) is 24.4. The molecular formula is C38H45ClMn2N6O11. The van der Waals surface area contributed by atoms with Crippen LogP contribution in [-0.4, -0.2) is 53.6 Å². The molecule has 0 aliphatic rings. The van der Waals surface area contributed by atoms with Crippen LogP contribution in [0.2, 0.25) is 0 Å². The zero-order chi connectivity index (χ0) is 40.0. The third-order valence-corrected chi connectivity index (χ3v) is 7.34. The van der Waals surface area contributed by atoms with Crippen molar-refractivity contribution in [2.75, 3.05) is 0 Å². The van der Waals surface area contributed by atoms with E-state index in [1.165, 1.54) is 0 Å². The first kappa shape index (κ1) is 57.9. The predicted octanol–water partition coefficient (Wildman–Crippen LogP) is -3.64. The molecular weight excluding hydrogens is 862 g/mol. The average molecular weight is 907 g/mol. The van der Waals surface area contributed by atoms with Gasteiger partial charge in [0.05, 0.1) is 22.8 Å². The van der Waals surface area contributed by atoms with Gasteiger partial charge in [-0.1, -0.05) is 62.9 Å². The minimum absolute atomic E-state index is 0. The number of halogens is 1. The van der Waals surface area contributed by atoms with Gasteiger partial charge in [0, 0.05) is 77.0 Å². The summed E-state index contributed by atoms with van der Waals surface area (Å²) in [5.41, 5.74) is 6.39. The molecule has 0 saturated carbocycles. The van der Waals surface area contributed by atoms with E-state index in [4.69, 9.17) is 38.4 Å². The smallest absolute Gasteiger partial charge is 0.872 e. The van der Waals surface area contributed by atoms with Crippen molar-refractivity contribution >= 4 is 12.9 Å². The predicted molar refractivity (Wildman–Crippen MR) is 187 cm³/mol. The minimum Gasteiger partial charge on any atom is -0.872 e. The van der Waals surface area contributed by atoms with Gasteiger partial charge in [-0.15, -0.1) is 10.2 Å². The first-order valence-corrected chi connectivity index (χ1v) is 17.5. The number of pyridine rings is 4. The van der Waals surface area contributed by atoms with Crippen LogP contribution in [0.1, 0.15) is 60.2 Å². The number of hydrogen-bond acceptors (Lipinski definition) is 15. The maximum atomic E-state index is 14.2. The van der Waals surface area contributed by atoms with Gasteiger partial charge in [-0.05, 0) is 70.6 Å². The van der Waals surface area contributed by atoms with Gasteiger partial charge in [0.1, 0.15) is 0 Å². The number of nitrogens with zero attached hydrogens (tertiary/aromatic N) is 6. The number of carboxylic acid groups (broad SMARTS) is 2. The summed E-state index contributed by atoms with van der Waals surface area (Å²) in [5.74, 6) is 0.0760. The minimum atomic E-state index is -4.94. The van der Waals surface area contributed by atoms with Gasteiger partial charge < -0.3 is 35.9 Å². The van der Waals surface area contributed by atoms with Crippen molar-refractivity contribution in [1.29, 1.82) is 0 Å². The van der Waals surface area contributed by atoms with Crippen LogP contribution in [0.4, 0.5) is 0 Å². The summed E-state index contributed by atoms with van der Waals surface area (Å²) >= 11 is 0. The van der Waals surface area contributed by atoms with E-state index in [0.29, 0.717) is 39.3 Å². The molecule has 0 spiro atoms. The Morgan fingerprint density at radius 3 is 0.983 bits per heavy atom. The second-order valence-electron chi connectivity index (χ2n) is 12.5. The molecule has 2 radical (unpaired) electrons. The molecule has 20 heteroatoms. The van der Waals surface area contributed by atoms with Crippen molar-refractivity contribution < 1.29 is 98.9 Å². The second-order valence-corrected chi connectivity index (χ2v) is 13.3. The Kier molecular flexibility index (Phi) is 30.6. The molecule has 4 heterocycles. The summed E-state index contributed by atoms with van der Waals surface area (Å²) < 4.78 is 34.0. The zero-order valence-corrected chi connectivity index (χ0v) is 34.9. The Bertz CT molecular complexity index is 1590. The standard InChI is InChI=1S/C36H40N6O.2CH2O2.ClHO4.2Mn.2H2O/c1-36(2,3)30-20-28(22-41(24-31-12-4-8-16-37-31)25-32-13-5-9-17-38-32)35(43)29(21-30)23-42(26-33-14-6-10-18-39-33)27-34-15-7-11-19-40-34;2*2-1-3;2-1(3,4)5;;;;/h4-21,43H,22-27H2,1-3H3;2*1H,(H,2,3);(H,2,3,4,5);;;2*1H2/q;;;;2*+2;;/p-4. The summed E-state index contributed by atoms with van der Waals surface area (Å²) in [6.07, 6.45) is 7.24. The normalized spacial score (nSPS) is 10.2. The monoisotopic (exact) mass is 906 g/mol. The van der Waals surface area contributed by atoms with Gasteiger partial charge in [0.15, 0.2) is 0 Å². The Labute approximate surface area is 360 Å². The average Bonchev–Trinajstić information content (AvgIpc) is 3.11. The zero-order valence-electron chi connectivity index (χ0n) is 31.8. The summed E-state index contributed by atoms with van der Waals surface area (Å²) in [7, 11) is -4.94. The molecule has 0 saturated heterocycles. The van der Waals surface area contributed by atoms with Gasteiger partial charge in [-0.2, -0.15) is 0 Å². The molecule has 1 aromatic carbocycles. The Balaban J connectivity index is -0.00000180. The molecule has 0 bridgehead atoms. The molecule has 0 aliphatic carbocycles. The van der Waals surface area contributed by atoms with E-state index in [-0.39, 0.29) is 56.3 Å². The van der Waals surface area contributed by atoms with Crippen LogP contribution in [0.15, 0.2) is 110 Å². The van der Waals surface area contributed by atoms with Gasteiger partial charge in [-0.25, -0.2) is 18.6 Å². The van der Waals surface area contributed by atoms with Crippen molar-refractivity contribution in [3.05, 3.63) is 149 Å². The fourth-order valence-corrected chi connectivity index (χ4v) is 5.12. The van der Waals surface area contributed by atoms with Crippen molar-refractivity contribution in [1.82, 2.24) is 29.7 Å². The van der Waals surface area contributed by atoms with E-state index in [2.05, 4.69) is 62.6 Å². The third-order valence-electron chi connectivity index (χ3n) is 7.34. The molecule has 4 N–H and O–H groups in total. The van der Waals surface area contributed by atoms with E-state index in [0.717, 1.165) is 39.5 Å². The first-order valence-electron chi connectivity index (χ1n) is 16.3. The number of carbonyl (C=O) groups is 2. The van der Waals surface area contributed by atoms with E-state index in [1.807, 2.05) is 97.6 Å². The van der Waals surface area contributed by atoms with Crippen molar-refractivity contribution in [3.8, 4) is 5.75 Å². The Morgan fingerprint density at radius 1 is 0.552 bits per heavy atom. The first-order chi connectivity index (χ1) is 25.7. The molecule has 4 aromatic heterocycles. The van der Waals surface area contributed by atoms with Crippen molar-refractivity contribution in [3.63, 3.8) is 0 Å². The van der Waals surface area contributed by atoms with Crippen LogP contribution in [-0.2, 0) is 88.4 Å². The second kappa shape index (κ2) is 30.6. The summed E-state index contributed by atoms with van der Waals surface area (Å²) in [4.78, 5) is 39.2. The fourth-order valence-electron chi connectivity index (χ4n) is 5.12. The van der Waals surface area contributed by atoms with Crippen LogP contribution in [0, 0.1) is 10.2 Å². The number of benzene rings is 1. The van der Waals surface area contributed by atoms with Crippen LogP contribution in [0.25, 0.3) is 0 Å². The van der Waals surface area contributed by atoms with Crippen LogP contribution < -0.4 is 34.0 Å². The molecule has 58 heavy (non-hydrogen) atoms. The fraction of sp³-hybridized carbons (Fsp3) is 0.263. The van der Waals surface area contributed by atoms with E-state index in [1.54, 1.807) is 0 Å². The van der Waals surface area contributed by atoms with Crippen molar-refractivity contribution in [2.24, 2.45) is 0 Å². The number of aromatic nitrogens is 4. The quantitative estimate of drug-likeness (QED) is 0.0861. The molecule has 0 atom stereocenters. The van der Waals surface area contributed by atoms with Crippen LogP contribution >= 0.6 is 0 Å². The molecule has 0 unspecified atom stereocenters. The van der Waals surface area contributed by atoms with E-state index < -0.39 is 23.2 Å². The van der Waals surface area contributed by atoms with Gasteiger partial charge in [0.2, 0.25) is 0 Å². The maximum absolute atomic E-state index is 14.2. The van der Waals surface area contributed by atoms with Crippen molar-refractivity contribution in [2.45, 2.75) is 65.5 Å². The molecule has 5 rings (SSSR count). The summed E-state index contributed by atoms with van der Waals surface area (Å²) in [6.45, 7) is 8.99. The van der Waals surface area contributed by atoms with E-state index in [9.17, 15) is 5.11 Å². The van der Waals surface area contributed by atoms with Crippen LogP contribution in [0.3, 0.4) is 0 Å². The van der Waals surface area contributed by atoms with E-state index >= 15 is 0 Å². The molecule has 314 valence electrons. The molecule has 0 amide bonds. The van der Waals surface area contributed by atoms with Gasteiger partial charge in [-0.3, -0.25) is 29.7 Å². The number of hydrogen-bond donors (Lipinski definition) is 0. The maximum Gasteiger partial charge on any atom is 2.00 e. The Hall–Kier alpha value is -4.43. The molecule has 5 aromatic rings. The summed E-state index contributed by atoms with van der Waals surface area (Å²) in [6, 6.07) is 27.9. The topological polar surface area (TPSA) is 317 Å². The van der Waals surface area contributed by atoms with Gasteiger partial charge >= 0.3 is 34.1 Å². The number of rotatable bonds is 12. The molecule has 0 aliphatic heterocycles. The number of carbonyl (C=O) groups excluding carboxylic acids is 2. The largest absolute Gasteiger partial charge is 2.00 e. The van der Waals surface area contributed by atoms with Gasteiger partial charge in [0.25, 0.3) is 0 Å². The SMILES string of the molecule is CC(C)(C)c1cc(CN(Cc2ccccn2)Cc2ccccn2)c([O-])c(CN(Cc2ccccn2)Cc2ccccn2)c1.O.O.O=C[O-].O=C[O-].[Mn+2].[Mn+2].[O-][Cl+3]([O-])([O-])[O-]. The van der Waals surface area contributed by atoms with Crippen LogP contribution in [0.5, 0.6) is 5.75 Å². The Morgan fingerprint density at radius 2 is 0.793 bits per heavy atom.